The van der Waals surface area contributed by atoms with Gasteiger partial charge in [0.1, 0.15) is 17.9 Å². The summed E-state index contributed by atoms with van der Waals surface area (Å²) in [7, 11) is 0. The Labute approximate surface area is 143 Å². The molecule has 0 radical (unpaired) electrons. The molecule has 1 amide bonds. The molecule has 0 spiro atoms. The molecule has 0 bridgehead atoms. The van der Waals surface area contributed by atoms with Crippen molar-refractivity contribution in [1.82, 2.24) is 10.3 Å². The summed E-state index contributed by atoms with van der Waals surface area (Å²) >= 11 is 0. The topological polar surface area (TPSA) is 55.1 Å². The maximum Gasteiger partial charge on any atom is 0.226 e. The monoisotopic (exact) mass is 342 g/mol. The lowest BCUT2D eigenvalue weighted by Gasteiger charge is -2.04. The number of benzene rings is 2. The van der Waals surface area contributed by atoms with Crippen LogP contribution in [0.25, 0.3) is 11.5 Å². The Kier molecular flexibility index (Phi) is 5.18. The van der Waals surface area contributed by atoms with E-state index in [0.717, 1.165) is 0 Å². The summed E-state index contributed by atoms with van der Waals surface area (Å²) in [4.78, 5) is 16.2. The SMILES string of the molecule is O=C(Cc1cccc(F)c1)NCCc1coc(-c2ccc(F)cc2)n1. The number of nitrogens with zero attached hydrogens (tertiary/aromatic N) is 1. The van der Waals surface area contributed by atoms with Crippen LogP contribution >= 0.6 is 0 Å². The molecule has 3 rings (SSSR count). The van der Waals surface area contributed by atoms with Gasteiger partial charge in [-0.3, -0.25) is 4.79 Å². The summed E-state index contributed by atoms with van der Waals surface area (Å²) in [5.41, 5.74) is 1.99. The number of hydrogen-bond donors (Lipinski definition) is 1. The molecule has 2 aromatic carbocycles. The van der Waals surface area contributed by atoms with Gasteiger partial charge in [0.2, 0.25) is 11.8 Å². The number of aromatic nitrogens is 1. The third-order valence-electron chi connectivity index (χ3n) is 3.60. The first-order valence-corrected chi connectivity index (χ1v) is 7.81. The van der Waals surface area contributed by atoms with E-state index >= 15 is 0 Å². The summed E-state index contributed by atoms with van der Waals surface area (Å²) in [5, 5.41) is 2.76. The van der Waals surface area contributed by atoms with Gasteiger partial charge in [-0.2, -0.15) is 0 Å². The highest BCUT2D eigenvalue weighted by atomic mass is 19.1. The molecule has 3 aromatic rings. The molecule has 0 aliphatic heterocycles. The maximum atomic E-state index is 13.1. The maximum absolute atomic E-state index is 13.1. The number of amides is 1. The lowest BCUT2D eigenvalue weighted by Crippen LogP contribution is -2.27. The highest BCUT2D eigenvalue weighted by Crippen LogP contribution is 2.19. The van der Waals surface area contributed by atoms with Gasteiger partial charge >= 0.3 is 0 Å². The smallest absolute Gasteiger partial charge is 0.226 e. The normalized spacial score (nSPS) is 10.6. The van der Waals surface area contributed by atoms with Crippen LogP contribution in [0.15, 0.2) is 59.2 Å². The minimum Gasteiger partial charge on any atom is -0.444 e. The van der Waals surface area contributed by atoms with Crippen LogP contribution in [0.2, 0.25) is 0 Å². The Morgan fingerprint density at radius 1 is 1.08 bits per heavy atom. The molecule has 0 fully saturated rings. The van der Waals surface area contributed by atoms with Crippen LogP contribution in [0.3, 0.4) is 0 Å². The molecule has 1 N–H and O–H groups in total. The quantitative estimate of drug-likeness (QED) is 0.746. The van der Waals surface area contributed by atoms with E-state index in [-0.39, 0.29) is 24.0 Å². The first-order valence-electron chi connectivity index (χ1n) is 7.81. The zero-order chi connectivity index (χ0) is 17.6. The number of rotatable bonds is 6. The van der Waals surface area contributed by atoms with Crippen LogP contribution in [0, 0.1) is 11.6 Å². The van der Waals surface area contributed by atoms with Crippen molar-refractivity contribution in [1.29, 1.82) is 0 Å². The fourth-order valence-electron chi connectivity index (χ4n) is 2.37. The van der Waals surface area contributed by atoms with Gasteiger partial charge in [-0.25, -0.2) is 13.8 Å². The van der Waals surface area contributed by atoms with E-state index in [0.29, 0.717) is 35.7 Å². The van der Waals surface area contributed by atoms with Crippen LogP contribution in [-0.4, -0.2) is 17.4 Å². The molecule has 0 aliphatic rings. The van der Waals surface area contributed by atoms with Crippen LogP contribution < -0.4 is 5.32 Å². The zero-order valence-corrected chi connectivity index (χ0v) is 13.3. The Balaban J connectivity index is 1.49. The molecule has 128 valence electrons. The molecule has 0 saturated carbocycles. The predicted octanol–water partition coefficient (Wildman–Crippen LogP) is 3.52. The molecule has 6 heteroatoms. The Morgan fingerprint density at radius 2 is 1.88 bits per heavy atom. The second kappa shape index (κ2) is 7.70. The number of carbonyl (C=O) groups excluding carboxylic acids is 1. The van der Waals surface area contributed by atoms with Crippen molar-refractivity contribution >= 4 is 5.91 Å². The number of halogens is 2. The molecule has 0 atom stereocenters. The van der Waals surface area contributed by atoms with E-state index in [2.05, 4.69) is 10.3 Å². The largest absolute Gasteiger partial charge is 0.444 e. The van der Waals surface area contributed by atoms with Crippen molar-refractivity contribution in [3.63, 3.8) is 0 Å². The van der Waals surface area contributed by atoms with Crippen LogP contribution in [-0.2, 0) is 17.6 Å². The minimum absolute atomic E-state index is 0.122. The lowest BCUT2D eigenvalue weighted by molar-refractivity contribution is -0.120. The summed E-state index contributed by atoms with van der Waals surface area (Å²) in [5.74, 6) is -0.466. The molecule has 0 unspecified atom stereocenters. The lowest BCUT2D eigenvalue weighted by atomic mass is 10.1. The Hall–Kier alpha value is -3.02. The number of nitrogens with one attached hydrogen (secondary N) is 1. The van der Waals surface area contributed by atoms with Gasteiger partial charge in [0.15, 0.2) is 0 Å². The van der Waals surface area contributed by atoms with Crippen molar-refractivity contribution in [2.45, 2.75) is 12.8 Å². The fraction of sp³-hybridized carbons (Fsp3) is 0.158. The average molecular weight is 342 g/mol. The highest BCUT2D eigenvalue weighted by Gasteiger charge is 2.08. The molecular formula is C19H16F2N2O2. The third-order valence-corrected chi connectivity index (χ3v) is 3.60. The van der Waals surface area contributed by atoms with Gasteiger partial charge in [0.05, 0.1) is 12.1 Å². The van der Waals surface area contributed by atoms with Gasteiger partial charge in [-0.1, -0.05) is 12.1 Å². The first-order chi connectivity index (χ1) is 12.1. The van der Waals surface area contributed by atoms with Gasteiger partial charge in [0, 0.05) is 18.5 Å². The second-order valence-corrected chi connectivity index (χ2v) is 5.56. The van der Waals surface area contributed by atoms with Crippen molar-refractivity contribution in [3.05, 3.63) is 77.7 Å². The molecule has 4 nitrogen and oxygen atoms in total. The van der Waals surface area contributed by atoms with Gasteiger partial charge in [0.25, 0.3) is 0 Å². The minimum atomic E-state index is -0.360. The van der Waals surface area contributed by atoms with Crippen molar-refractivity contribution in [3.8, 4) is 11.5 Å². The molecule has 0 aliphatic carbocycles. The number of oxazole rings is 1. The second-order valence-electron chi connectivity index (χ2n) is 5.56. The summed E-state index contributed by atoms with van der Waals surface area (Å²) < 4.78 is 31.4. The van der Waals surface area contributed by atoms with Crippen LogP contribution in [0.1, 0.15) is 11.3 Å². The Morgan fingerprint density at radius 3 is 2.64 bits per heavy atom. The van der Waals surface area contributed by atoms with Crippen LogP contribution in [0.4, 0.5) is 8.78 Å². The van der Waals surface area contributed by atoms with Crippen molar-refractivity contribution < 1.29 is 18.0 Å². The molecule has 25 heavy (non-hydrogen) atoms. The number of carbonyl (C=O) groups is 1. The van der Waals surface area contributed by atoms with E-state index in [1.807, 2.05) is 0 Å². The third kappa shape index (κ3) is 4.73. The summed E-state index contributed by atoms with van der Waals surface area (Å²) in [6.45, 7) is 0.392. The van der Waals surface area contributed by atoms with Crippen molar-refractivity contribution in [2.75, 3.05) is 6.54 Å². The van der Waals surface area contributed by atoms with E-state index in [4.69, 9.17) is 4.42 Å². The molecule has 0 saturated heterocycles. The molecule has 1 aromatic heterocycles. The van der Waals surface area contributed by atoms with Crippen molar-refractivity contribution in [2.24, 2.45) is 0 Å². The number of hydrogen-bond acceptors (Lipinski definition) is 3. The van der Waals surface area contributed by atoms with E-state index in [1.165, 1.54) is 30.5 Å². The molecular weight excluding hydrogens is 326 g/mol. The zero-order valence-electron chi connectivity index (χ0n) is 13.3. The van der Waals surface area contributed by atoms with E-state index in [9.17, 15) is 13.6 Å². The predicted molar refractivity (Wildman–Crippen MR) is 88.7 cm³/mol. The van der Waals surface area contributed by atoms with Gasteiger partial charge < -0.3 is 9.73 Å². The van der Waals surface area contributed by atoms with E-state index in [1.54, 1.807) is 24.3 Å². The fourth-order valence-corrected chi connectivity index (χ4v) is 2.37. The standard InChI is InChI=1S/C19H16F2N2O2/c20-15-6-4-14(5-7-15)19-23-17(12-25-19)8-9-22-18(24)11-13-2-1-3-16(21)10-13/h1-7,10,12H,8-9,11H2,(H,22,24). The average Bonchev–Trinajstić information content (AvgIpc) is 3.04. The van der Waals surface area contributed by atoms with Gasteiger partial charge in [-0.05, 0) is 42.0 Å². The highest BCUT2D eigenvalue weighted by molar-refractivity contribution is 5.78. The summed E-state index contributed by atoms with van der Waals surface area (Å²) in [6, 6.07) is 11.8. The molecule has 1 heterocycles. The van der Waals surface area contributed by atoms with Gasteiger partial charge in [-0.15, -0.1) is 0 Å². The summed E-state index contributed by atoms with van der Waals surface area (Å²) in [6.07, 6.45) is 2.13. The van der Waals surface area contributed by atoms with Crippen LogP contribution in [0.5, 0.6) is 0 Å². The Bertz CT molecular complexity index is 860. The van der Waals surface area contributed by atoms with E-state index < -0.39 is 0 Å². The first kappa shape index (κ1) is 16.8.